The second-order valence-corrected chi connectivity index (χ2v) is 16.4. The van der Waals surface area contributed by atoms with Crippen molar-refractivity contribution < 1.29 is 9.47 Å². The predicted molar refractivity (Wildman–Crippen MR) is 265 cm³/mol. The zero-order valence-electron chi connectivity index (χ0n) is 37.0. The van der Waals surface area contributed by atoms with E-state index in [9.17, 15) is 0 Å². The van der Waals surface area contributed by atoms with Gasteiger partial charge in [0.25, 0.3) is 0 Å². The first-order valence-corrected chi connectivity index (χ1v) is 21.5. The van der Waals surface area contributed by atoms with E-state index in [2.05, 4.69) is 232 Å². The van der Waals surface area contributed by atoms with E-state index in [1.165, 1.54) is 22.3 Å². The summed E-state index contributed by atoms with van der Waals surface area (Å²) < 4.78 is 11.0. The molecule has 0 bridgehead atoms. The second-order valence-electron chi connectivity index (χ2n) is 16.4. The number of hydrogen-bond donors (Lipinski definition) is 0. The Morgan fingerprint density at radius 2 is 0.651 bits per heavy atom. The van der Waals surface area contributed by atoms with Gasteiger partial charge in [0.05, 0.1) is 14.2 Å². The molecule has 4 heteroatoms. The van der Waals surface area contributed by atoms with Gasteiger partial charge in [-0.1, -0.05) is 158 Å². The number of methoxy groups -OCH3 is 2. The quantitative estimate of drug-likeness (QED) is 0.109. The highest BCUT2D eigenvalue weighted by Gasteiger charge is 2.24. The molecule has 0 saturated carbocycles. The summed E-state index contributed by atoms with van der Waals surface area (Å²) in [5, 5.41) is 0. The maximum Gasteiger partial charge on any atom is 0.118 e. The summed E-state index contributed by atoms with van der Waals surface area (Å²) in [4.78, 5) is 4.58. The molecule has 0 saturated heterocycles. The zero-order chi connectivity index (χ0) is 43.8. The molecule has 0 radical (unpaired) electrons. The van der Waals surface area contributed by atoms with Crippen molar-refractivity contribution in [2.24, 2.45) is 0 Å². The fraction of sp³-hybridized carbons (Fsp3) is 0.119. The summed E-state index contributed by atoms with van der Waals surface area (Å²) in [6, 6.07) is 73.3. The molecule has 312 valence electrons. The third-order valence-corrected chi connectivity index (χ3v) is 11.8. The molecule has 0 aliphatic rings. The van der Waals surface area contributed by atoms with Crippen molar-refractivity contribution >= 4 is 33.9 Å². The van der Waals surface area contributed by atoms with E-state index in [4.69, 9.17) is 9.47 Å². The molecule has 8 rings (SSSR count). The minimum atomic E-state index is -0.275. The monoisotopic (exact) mass is 822 g/mol. The molecular weight excluding hydrogens is 769 g/mol. The lowest BCUT2D eigenvalue weighted by molar-refractivity contribution is 0.414. The Morgan fingerprint density at radius 3 is 0.952 bits per heavy atom. The standard InChI is InChI=1S/C59H54N2O2/c1-43-17-29-51(30-18-43)60(41-57(45-13-9-7-10-14-45)47-21-37-55(62-5)38-22-47)53-33-25-49(26-34-53)59(3,4)50-27-35-54(36-28-50)61(52-31-19-44(2)20-32-52)42-58(46-15-11-8-12-16-46)48-23-39-56(63-6)40-24-48/h7-42H,1-6H3/b57-41-,58-42-. The minimum Gasteiger partial charge on any atom is -0.497 e. The average Bonchev–Trinajstić information content (AvgIpc) is 3.34. The summed E-state index contributed by atoms with van der Waals surface area (Å²) in [6.45, 7) is 8.87. The molecular formula is C59H54N2O2. The molecule has 0 fully saturated rings. The normalized spacial score (nSPS) is 11.8. The first kappa shape index (κ1) is 42.1. The highest BCUT2D eigenvalue weighted by atomic mass is 16.5. The van der Waals surface area contributed by atoms with Crippen LogP contribution in [0.1, 0.15) is 58.4 Å². The summed E-state index contributed by atoms with van der Waals surface area (Å²) in [7, 11) is 3.40. The van der Waals surface area contributed by atoms with Crippen LogP contribution in [0.15, 0.2) is 219 Å². The van der Waals surface area contributed by atoms with Crippen LogP contribution < -0.4 is 19.3 Å². The Balaban J connectivity index is 1.15. The van der Waals surface area contributed by atoms with Crippen LogP contribution in [0, 0.1) is 13.8 Å². The summed E-state index contributed by atoms with van der Waals surface area (Å²) in [5.41, 5.74) is 15.6. The van der Waals surface area contributed by atoms with E-state index in [-0.39, 0.29) is 5.41 Å². The fourth-order valence-electron chi connectivity index (χ4n) is 7.92. The van der Waals surface area contributed by atoms with Gasteiger partial charge in [-0.25, -0.2) is 0 Å². The van der Waals surface area contributed by atoms with Crippen LogP contribution in [0.25, 0.3) is 11.1 Å². The van der Waals surface area contributed by atoms with Crippen LogP contribution in [0.5, 0.6) is 11.5 Å². The van der Waals surface area contributed by atoms with Gasteiger partial charge < -0.3 is 19.3 Å². The van der Waals surface area contributed by atoms with Gasteiger partial charge in [-0.3, -0.25) is 0 Å². The number of ether oxygens (including phenoxy) is 2. The Labute approximate surface area is 373 Å². The summed E-state index contributed by atoms with van der Waals surface area (Å²) in [6.07, 6.45) is 4.51. The molecule has 0 heterocycles. The lowest BCUT2D eigenvalue weighted by Crippen LogP contribution is -2.19. The Bertz CT molecular complexity index is 2580. The Kier molecular flexibility index (Phi) is 12.7. The third-order valence-electron chi connectivity index (χ3n) is 11.8. The van der Waals surface area contributed by atoms with Gasteiger partial charge in [0.1, 0.15) is 11.5 Å². The molecule has 8 aromatic rings. The van der Waals surface area contributed by atoms with Crippen LogP contribution >= 0.6 is 0 Å². The number of aryl methyl sites for hydroxylation is 2. The average molecular weight is 823 g/mol. The predicted octanol–water partition coefficient (Wildman–Crippen LogP) is 15.1. The second kappa shape index (κ2) is 19.0. The molecule has 0 unspecified atom stereocenters. The maximum absolute atomic E-state index is 5.51. The number of benzene rings is 8. The van der Waals surface area contributed by atoms with Gasteiger partial charge in [-0.2, -0.15) is 0 Å². The van der Waals surface area contributed by atoms with E-state index in [1.807, 2.05) is 24.3 Å². The van der Waals surface area contributed by atoms with Crippen molar-refractivity contribution in [1.29, 1.82) is 0 Å². The summed E-state index contributed by atoms with van der Waals surface area (Å²) >= 11 is 0. The minimum absolute atomic E-state index is 0.275. The highest BCUT2D eigenvalue weighted by molar-refractivity contribution is 5.85. The van der Waals surface area contributed by atoms with Crippen molar-refractivity contribution in [2.45, 2.75) is 33.1 Å². The van der Waals surface area contributed by atoms with E-state index < -0.39 is 0 Å². The Hall–Kier alpha value is -7.56. The molecule has 4 nitrogen and oxygen atoms in total. The molecule has 0 aromatic heterocycles. The van der Waals surface area contributed by atoms with Crippen LogP contribution in [0.2, 0.25) is 0 Å². The van der Waals surface area contributed by atoms with E-state index in [1.54, 1.807) is 14.2 Å². The third kappa shape index (κ3) is 9.67. The first-order chi connectivity index (χ1) is 30.7. The first-order valence-electron chi connectivity index (χ1n) is 21.5. The van der Waals surface area contributed by atoms with Gasteiger partial charge in [-0.15, -0.1) is 0 Å². The highest BCUT2D eigenvalue weighted by Crippen LogP contribution is 2.38. The lowest BCUT2D eigenvalue weighted by Gasteiger charge is -2.29. The number of rotatable bonds is 14. The van der Waals surface area contributed by atoms with E-state index in [0.717, 1.165) is 67.6 Å². The van der Waals surface area contributed by atoms with Gasteiger partial charge in [-0.05, 0) is 120 Å². The largest absolute Gasteiger partial charge is 0.497 e. The molecule has 63 heavy (non-hydrogen) atoms. The zero-order valence-corrected chi connectivity index (χ0v) is 37.0. The maximum atomic E-state index is 5.51. The van der Waals surface area contributed by atoms with Crippen molar-refractivity contribution in [3.63, 3.8) is 0 Å². The fourth-order valence-corrected chi connectivity index (χ4v) is 7.92. The molecule has 0 aliphatic carbocycles. The van der Waals surface area contributed by atoms with Crippen molar-refractivity contribution in [2.75, 3.05) is 24.0 Å². The van der Waals surface area contributed by atoms with Gasteiger partial charge in [0.15, 0.2) is 0 Å². The summed E-state index contributed by atoms with van der Waals surface area (Å²) in [5.74, 6) is 1.66. The van der Waals surface area contributed by atoms with Crippen LogP contribution in [0.3, 0.4) is 0 Å². The van der Waals surface area contributed by atoms with E-state index >= 15 is 0 Å². The molecule has 0 aliphatic heterocycles. The van der Waals surface area contributed by atoms with Gasteiger partial charge in [0, 0.05) is 51.7 Å². The number of anilines is 4. The molecule has 8 aromatic carbocycles. The van der Waals surface area contributed by atoms with Crippen molar-refractivity contribution in [3.05, 3.63) is 263 Å². The molecule has 0 atom stereocenters. The number of nitrogens with zero attached hydrogens (tertiary/aromatic N) is 2. The Morgan fingerprint density at radius 1 is 0.365 bits per heavy atom. The molecule has 0 N–H and O–H groups in total. The van der Waals surface area contributed by atoms with Crippen LogP contribution in [-0.4, -0.2) is 14.2 Å². The van der Waals surface area contributed by atoms with Crippen molar-refractivity contribution in [3.8, 4) is 11.5 Å². The van der Waals surface area contributed by atoms with E-state index in [0.29, 0.717) is 0 Å². The van der Waals surface area contributed by atoms with Gasteiger partial charge in [0.2, 0.25) is 0 Å². The molecule has 0 spiro atoms. The van der Waals surface area contributed by atoms with Crippen LogP contribution in [0.4, 0.5) is 22.7 Å². The number of hydrogen-bond acceptors (Lipinski definition) is 4. The smallest absolute Gasteiger partial charge is 0.118 e. The topological polar surface area (TPSA) is 24.9 Å². The lowest BCUT2D eigenvalue weighted by atomic mass is 9.78. The molecule has 0 amide bonds. The SMILES string of the molecule is COc1ccc(/C(=C\N(c2ccc(C)cc2)c2ccc(C(C)(C)c3ccc(N(/C=C(/c4ccccc4)c4ccc(OC)cc4)c4ccc(C)cc4)cc3)cc2)c2ccccc2)cc1. The van der Waals surface area contributed by atoms with Gasteiger partial charge >= 0.3 is 0 Å². The van der Waals surface area contributed by atoms with Crippen molar-refractivity contribution in [1.82, 2.24) is 0 Å². The van der Waals surface area contributed by atoms with Crippen LogP contribution in [-0.2, 0) is 5.41 Å².